The number of nitrogens with two attached hydrogens (primary N) is 1. The fourth-order valence-electron chi connectivity index (χ4n) is 1.45. The van der Waals surface area contributed by atoms with Gasteiger partial charge in [-0.05, 0) is 5.38 Å². The van der Waals surface area contributed by atoms with Crippen molar-refractivity contribution in [2.75, 3.05) is 5.73 Å². The highest BCUT2D eigenvalue weighted by Crippen LogP contribution is 2.32. The van der Waals surface area contributed by atoms with Crippen LogP contribution in [0.4, 0.5) is 5.82 Å². The van der Waals surface area contributed by atoms with Crippen molar-refractivity contribution < 1.29 is 13.0 Å². The normalized spacial score (nSPS) is 10.8. The van der Waals surface area contributed by atoms with Crippen LogP contribution in [0.25, 0.3) is 10.1 Å². The van der Waals surface area contributed by atoms with Gasteiger partial charge in [-0.1, -0.05) is 0 Å². The molecule has 0 saturated heterocycles. The highest BCUT2D eigenvalue weighted by molar-refractivity contribution is 14.1. The van der Waals surface area contributed by atoms with Gasteiger partial charge in [0.1, 0.15) is 28.8 Å². The van der Waals surface area contributed by atoms with E-state index in [-0.39, 0.29) is 5.56 Å². The first-order chi connectivity index (χ1) is 7.65. The van der Waals surface area contributed by atoms with Crippen LogP contribution in [0.15, 0.2) is 11.6 Å². The maximum absolute atomic E-state index is 11.0. The van der Waals surface area contributed by atoms with Crippen LogP contribution in [0.2, 0.25) is 0 Å². The number of carboxylic acid groups (broad SMARTS) is 1. The summed E-state index contributed by atoms with van der Waals surface area (Å²) in [7, 11) is 0. The molecule has 7 heteroatoms. The van der Waals surface area contributed by atoms with Gasteiger partial charge in [0.05, 0.1) is 16.9 Å². The number of aromatic carboxylic acids is 1. The average Bonchev–Trinajstić information content (AvgIpc) is 2.63. The molecule has 16 heavy (non-hydrogen) atoms. The summed E-state index contributed by atoms with van der Waals surface area (Å²) in [5, 5.41) is 11.5. The summed E-state index contributed by atoms with van der Waals surface area (Å²) in [5.41, 5.74) is 6.78. The molecule has 0 aliphatic carbocycles. The van der Waals surface area contributed by atoms with Crippen molar-refractivity contribution in [3.8, 4) is 0 Å². The lowest BCUT2D eigenvalue weighted by Crippen LogP contribution is -2.00. The second kappa shape index (κ2) is 4.52. The Bertz CT molecular complexity index is 555. The van der Waals surface area contributed by atoms with Gasteiger partial charge in [-0.25, -0.2) is 9.78 Å². The molecule has 0 unspecified atom stereocenters. The van der Waals surface area contributed by atoms with E-state index < -0.39 is 5.97 Å². The lowest BCUT2D eigenvalue weighted by atomic mass is 10.1. The molecule has 0 atom stereocenters. The fraction of sp³-hybridized carbons (Fsp3) is 0.111. The number of nitrogen functional groups attached to an aromatic ring is 1. The van der Waals surface area contributed by atoms with Gasteiger partial charge in [0.15, 0.2) is 0 Å². The van der Waals surface area contributed by atoms with E-state index in [1.54, 1.807) is 23.0 Å². The summed E-state index contributed by atoms with van der Waals surface area (Å²) < 4.78 is 5.64. The predicted octanol–water partition coefficient (Wildman–Crippen LogP) is 2.44. The zero-order valence-corrected chi connectivity index (χ0v) is 10.9. The fourth-order valence-corrected chi connectivity index (χ4v) is 2.85. The molecule has 0 saturated carbocycles. The molecule has 0 fully saturated rings. The predicted molar refractivity (Wildman–Crippen MR) is 69.8 cm³/mol. The number of fused-ring (bicyclic) bond motifs is 1. The Balaban J connectivity index is 2.73. The Kier molecular flexibility index (Phi) is 3.26. The molecular formula is C9H7IN2O3S. The maximum atomic E-state index is 11.0. The molecule has 0 amide bonds. The van der Waals surface area contributed by atoms with Gasteiger partial charge in [-0.2, -0.15) is 0 Å². The van der Waals surface area contributed by atoms with Gasteiger partial charge >= 0.3 is 5.97 Å². The summed E-state index contributed by atoms with van der Waals surface area (Å²) >= 11 is 3.12. The Morgan fingerprint density at radius 2 is 2.44 bits per heavy atom. The van der Waals surface area contributed by atoms with E-state index in [0.717, 1.165) is 5.56 Å². The molecule has 3 N–H and O–H groups in total. The third kappa shape index (κ3) is 1.85. The molecule has 0 bridgehead atoms. The summed E-state index contributed by atoms with van der Waals surface area (Å²) in [4.78, 5) is 14.9. The van der Waals surface area contributed by atoms with Crippen LogP contribution in [0.1, 0.15) is 15.9 Å². The number of hydrogen-bond donors (Lipinski definition) is 2. The summed E-state index contributed by atoms with van der Waals surface area (Å²) in [6.45, 7) is 0.384. The van der Waals surface area contributed by atoms with E-state index in [1.807, 2.05) is 5.38 Å². The van der Waals surface area contributed by atoms with Crippen molar-refractivity contribution in [2.45, 2.75) is 6.61 Å². The number of carbonyl (C=O) groups is 1. The van der Waals surface area contributed by atoms with Crippen LogP contribution >= 0.6 is 34.3 Å². The average molecular weight is 350 g/mol. The monoisotopic (exact) mass is 350 g/mol. The molecule has 0 aliphatic rings. The number of hydrogen-bond acceptors (Lipinski definition) is 5. The number of carboxylic acids is 1. The molecule has 2 aromatic rings. The van der Waals surface area contributed by atoms with E-state index in [4.69, 9.17) is 13.9 Å². The molecule has 2 rings (SSSR count). The standard InChI is InChI=1S/C9H7IN2O3S/c10-15-2-4-3-16-7-5(9(13)14)1-12-8(11)6(4)7/h1,3H,2H2,(H2,11,12)(H,13,14). The van der Waals surface area contributed by atoms with Crippen molar-refractivity contribution in [3.63, 3.8) is 0 Å². The molecule has 2 aromatic heterocycles. The molecule has 0 spiro atoms. The van der Waals surface area contributed by atoms with Gasteiger partial charge in [0.25, 0.3) is 0 Å². The Morgan fingerprint density at radius 1 is 1.69 bits per heavy atom. The number of thiophene rings is 1. The van der Waals surface area contributed by atoms with Gasteiger partial charge in [-0.15, -0.1) is 11.3 Å². The first-order valence-electron chi connectivity index (χ1n) is 4.26. The Morgan fingerprint density at radius 3 is 3.06 bits per heavy atom. The topological polar surface area (TPSA) is 85.4 Å². The number of aromatic nitrogens is 1. The minimum Gasteiger partial charge on any atom is -0.478 e. The number of pyridine rings is 1. The van der Waals surface area contributed by atoms with Gasteiger partial charge in [0, 0.05) is 17.1 Å². The van der Waals surface area contributed by atoms with E-state index in [1.165, 1.54) is 17.5 Å². The minimum absolute atomic E-state index is 0.175. The van der Waals surface area contributed by atoms with E-state index in [0.29, 0.717) is 22.5 Å². The lowest BCUT2D eigenvalue weighted by Gasteiger charge is -2.01. The summed E-state index contributed by atoms with van der Waals surface area (Å²) in [5.74, 6) is -0.661. The molecule has 5 nitrogen and oxygen atoms in total. The first kappa shape index (κ1) is 11.6. The van der Waals surface area contributed by atoms with Crippen LogP contribution in [0.3, 0.4) is 0 Å². The highest BCUT2D eigenvalue weighted by atomic mass is 127. The maximum Gasteiger partial charge on any atom is 0.338 e. The third-order valence-corrected chi connectivity index (χ3v) is 3.51. The number of rotatable bonds is 3. The quantitative estimate of drug-likeness (QED) is 0.831. The summed E-state index contributed by atoms with van der Waals surface area (Å²) in [6.07, 6.45) is 1.28. The molecule has 0 radical (unpaired) electrons. The first-order valence-corrected chi connectivity index (χ1v) is 6.02. The van der Waals surface area contributed by atoms with Gasteiger partial charge < -0.3 is 13.9 Å². The lowest BCUT2D eigenvalue weighted by molar-refractivity contribution is 0.0699. The molecule has 2 heterocycles. The van der Waals surface area contributed by atoms with Crippen LogP contribution in [0, 0.1) is 0 Å². The number of halogens is 1. The number of anilines is 1. The summed E-state index contributed by atoms with van der Waals surface area (Å²) in [6, 6.07) is 0. The van der Waals surface area contributed by atoms with Crippen LogP contribution in [0.5, 0.6) is 0 Å². The van der Waals surface area contributed by atoms with Crippen LogP contribution < -0.4 is 5.73 Å². The van der Waals surface area contributed by atoms with Crippen LogP contribution in [-0.2, 0) is 9.67 Å². The van der Waals surface area contributed by atoms with Crippen molar-refractivity contribution in [1.29, 1.82) is 0 Å². The van der Waals surface area contributed by atoms with E-state index >= 15 is 0 Å². The largest absolute Gasteiger partial charge is 0.478 e. The highest BCUT2D eigenvalue weighted by Gasteiger charge is 2.16. The van der Waals surface area contributed by atoms with E-state index in [2.05, 4.69) is 4.98 Å². The molecule has 84 valence electrons. The van der Waals surface area contributed by atoms with E-state index in [9.17, 15) is 4.79 Å². The molecule has 0 aliphatic heterocycles. The van der Waals surface area contributed by atoms with Gasteiger partial charge in [0.2, 0.25) is 0 Å². The van der Waals surface area contributed by atoms with Crippen molar-refractivity contribution >= 4 is 56.2 Å². The second-order valence-electron chi connectivity index (χ2n) is 3.08. The Hall–Kier alpha value is -0.930. The molecular weight excluding hydrogens is 343 g/mol. The Labute approximate surface area is 109 Å². The SMILES string of the molecule is Nc1ncc(C(=O)O)c2scc(COI)c12. The van der Waals surface area contributed by atoms with Crippen molar-refractivity contribution in [3.05, 3.63) is 22.7 Å². The third-order valence-electron chi connectivity index (χ3n) is 2.14. The van der Waals surface area contributed by atoms with Gasteiger partial charge in [-0.3, -0.25) is 0 Å². The smallest absolute Gasteiger partial charge is 0.338 e. The molecule has 0 aromatic carbocycles. The zero-order valence-electron chi connectivity index (χ0n) is 7.94. The number of nitrogens with zero attached hydrogens (tertiary/aromatic N) is 1. The second-order valence-corrected chi connectivity index (χ2v) is 4.58. The zero-order chi connectivity index (χ0) is 11.7. The van der Waals surface area contributed by atoms with Crippen LogP contribution in [-0.4, -0.2) is 16.1 Å². The van der Waals surface area contributed by atoms with Crippen molar-refractivity contribution in [2.24, 2.45) is 0 Å². The minimum atomic E-state index is -0.999. The van der Waals surface area contributed by atoms with Crippen molar-refractivity contribution in [1.82, 2.24) is 4.98 Å².